The first-order chi connectivity index (χ1) is 10.0. The molecule has 1 aromatic carbocycles. The van der Waals surface area contributed by atoms with Gasteiger partial charge in [0, 0.05) is 30.5 Å². The van der Waals surface area contributed by atoms with Crippen LogP contribution in [0.4, 0.5) is 15.9 Å². The Morgan fingerprint density at radius 1 is 1.29 bits per heavy atom. The lowest BCUT2D eigenvalue weighted by molar-refractivity contribution is 0.0993. The summed E-state index contributed by atoms with van der Waals surface area (Å²) in [6.45, 7) is 4.55. The predicted octanol–water partition coefficient (Wildman–Crippen LogP) is 3.24. The van der Waals surface area contributed by atoms with Crippen molar-refractivity contribution in [3.05, 3.63) is 53.5 Å². The largest absolute Gasteiger partial charge is 0.370 e. The fourth-order valence-corrected chi connectivity index (χ4v) is 2.04. The van der Waals surface area contributed by atoms with Gasteiger partial charge < -0.3 is 10.2 Å². The van der Waals surface area contributed by atoms with Gasteiger partial charge in [-0.05, 0) is 50.2 Å². The Morgan fingerprint density at radius 2 is 1.95 bits per heavy atom. The third-order valence-corrected chi connectivity index (χ3v) is 3.08. The molecule has 0 aliphatic rings. The predicted molar refractivity (Wildman–Crippen MR) is 82.3 cm³/mol. The van der Waals surface area contributed by atoms with Crippen molar-refractivity contribution in [2.24, 2.45) is 0 Å². The molecule has 1 amide bonds. The molecular weight excluding hydrogens is 269 g/mol. The number of pyridine rings is 1. The second-order valence-corrected chi connectivity index (χ2v) is 4.75. The number of amides is 1. The molecule has 0 radical (unpaired) electrons. The lowest BCUT2D eigenvalue weighted by atomic mass is 10.2. The molecule has 0 unspecified atom stereocenters. The SMILES string of the molecule is CCNc1cc(C(=O)N(C)c2ccc(F)cc2)cc(C)n1. The van der Waals surface area contributed by atoms with Gasteiger partial charge in [-0.25, -0.2) is 9.37 Å². The van der Waals surface area contributed by atoms with Crippen LogP contribution >= 0.6 is 0 Å². The molecule has 4 nitrogen and oxygen atoms in total. The van der Waals surface area contributed by atoms with Gasteiger partial charge in [-0.1, -0.05) is 0 Å². The van der Waals surface area contributed by atoms with Gasteiger partial charge in [-0.15, -0.1) is 0 Å². The highest BCUT2D eigenvalue weighted by Gasteiger charge is 2.15. The van der Waals surface area contributed by atoms with Crippen molar-refractivity contribution >= 4 is 17.4 Å². The fourth-order valence-electron chi connectivity index (χ4n) is 2.04. The Bertz CT molecular complexity index is 640. The van der Waals surface area contributed by atoms with E-state index in [1.54, 1.807) is 31.3 Å². The van der Waals surface area contributed by atoms with Crippen LogP contribution in [0.2, 0.25) is 0 Å². The number of rotatable bonds is 4. The minimum atomic E-state index is -0.325. The number of aromatic nitrogens is 1. The average molecular weight is 287 g/mol. The summed E-state index contributed by atoms with van der Waals surface area (Å²) in [5.41, 5.74) is 1.95. The van der Waals surface area contributed by atoms with Crippen LogP contribution in [0.3, 0.4) is 0 Å². The van der Waals surface area contributed by atoms with Gasteiger partial charge in [-0.3, -0.25) is 4.79 Å². The van der Waals surface area contributed by atoms with Gasteiger partial charge in [-0.2, -0.15) is 0 Å². The van der Waals surface area contributed by atoms with Gasteiger partial charge in [0.25, 0.3) is 5.91 Å². The standard InChI is InChI=1S/C16H18FN3O/c1-4-18-15-10-12(9-11(2)19-15)16(21)20(3)14-7-5-13(17)6-8-14/h5-10H,4H2,1-3H3,(H,18,19). The number of nitrogens with one attached hydrogen (secondary N) is 1. The maximum Gasteiger partial charge on any atom is 0.258 e. The zero-order chi connectivity index (χ0) is 15.4. The maximum absolute atomic E-state index is 12.9. The summed E-state index contributed by atoms with van der Waals surface area (Å²) in [6, 6.07) is 9.28. The lowest BCUT2D eigenvalue weighted by Crippen LogP contribution is -2.26. The van der Waals surface area contributed by atoms with E-state index >= 15 is 0 Å². The van der Waals surface area contributed by atoms with Crippen molar-refractivity contribution in [2.45, 2.75) is 13.8 Å². The van der Waals surface area contributed by atoms with Crippen molar-refractivity contribution in [3.63, 3.8) is 0 Å². The number of hydrogen-bond donors (Lipinski definition) is 1. The molecule has 0 aliphatic heterocycles. The number of nitrogens with zero attached hydrogens (tertiary/aromatic N) is 2. The highest BCUT2D eigenvalue weighted by Crippen LogP contribution is 2.18. The summed E-state index contributed by atoms with van der Waals surface area (Å²) in [5.74, 6) is 0.188. The van der Waals surface area contributed by atoms with E-state index in [0.717, 1.165) is 12.2 Å². The van der Waals surface area contributed by atoms with E-state index in [9.17, 15) is 9.18 Å². The number of aryl methyl sites for hydroxylation is 1. The van der Waals surface area contributed by atoms with E-state index in [0.29, 0.717) is 17.1 Å². The molecule has 0 fully saturated rings. The van der Waals surface area contributed by atoms with E-state index in [1.165, 1.54) is 17.0 Å². The van der Waals surface area contributed by atoms with E-state index in [2.05, 4.69) is 10.3 Å². The molecule has 2 aromatic rings. The first-order valence-corrected chi connectivity index (χ1v) is 6.77. The first-order valence-electron chi connectivity index (χ1n) is 6.77. The van der Waals surface area contributed by atoms with Crippen molar-refractivity contribution in [3.8, 4) is 0 Å². The number of anilines is 2. The Hall–Kier alpha value is -2.43. The van der Waals surface area contributed by atoms with Gasteiger partial charge in [0.15, 0.2) is 0 Å². The molecule has 1 aromatic heterocycles. The van der Waals surface area contributed by atoms with Crippen LogP contribution in [0, 0.1) is 12.7 Å². The smallest absolute Gasteiger partial charge is 0.258 e. The van der Waals surface area contributed by atoms with Gasteiger partial charge in [0.05, 0.1) is 0 Å². The summed E-state index contributed by atoms with van der Waals surface area (Å²) in [7, 11) is 1.66. The molecule has 110 valence electrons. The minimum Gasteiger partial charge on any atom is -0.370 e. The second-order valence-electron chi connectivity index (χ2n) is 4.75. The molecule has 1 heterocycles. The molecule has 0 bridgehead atoms. The highest BCUT2D eigenvalue weighted by atomic mass is 19.1. The fraction of sp³-hybridized carbons (Fsp3) is 0.250. The Kier molecular flexibility index (Phi) is 4.52. The molecule has 1 N–H and O–H groups in total. The lowest BCUT2D eigenvalue weighted by Gasteiger charge is -2.18. The average Bonchev–Trinajstić information content (AvgIpc) is 2.46. The summed E-state index contributed by atoms with van der Waals surface area (Å²) in [4.78, 5) is 18.3. The number of carbonyl (C=O) groups is 1. The highest BCUT2D eigenvalue weighted by molar-refractivity contribution is 6.06. The summed E-state index contributed by atoms with van der Waals surface area (Å²) < 4.78 is 12.9. The maximum atomic E-state index is 12.9. The van der Waals surface area contributed by atoms with Crippen molar-refractivity contribution in [2.75, 3.05) is 23.8 Å². The molecular formula is C16H18FN3O. The van der Waals surface area contributed by atoms with Crippen LogP contribution in [0.1, 0.15) is 23.0 Å². The van der Waals surface area contributed by atoms with E-state index in [4.69, 9.17) is 0 Å². The minimum absolute atomic E-state index is 0.161. The van der Waals surface area contributed by atoms with Gasteiger partial charge in [0.1, 0.15) is 11.6 Å². The zero-order valence-electron chi connectivity index (χ0n) is 12.4. The van der Waals surface area contributed by atoms with Crippen molar-refractivity contribution in [1.29, 1.82) is 0 Å². The molecule has 2 rings (SSSR count). The normalized spacial score (nSPS) is 10.3. The molecule has 0 saturated heterocycles. The van der Waals surface area contributed by atoms with Crippen LogP contribution < -0.4 is 10.2 Å². The number of carbonyl (C=O) groups excluding carboxylic acids is 1. The van der Waals surface area contributed by atoms with Gasteiger partial charge >= 0.3 is 0 Å². The summed E-state index contributed by atoms with van der Waals surface area (Å²) in [5, 5.41) is 3.10. The Morgan fingerprint density at radius 3 is 2.57 bits per heavy atom. The third-order valence-electron chi connectivity index (χ3n) is 3.08. The van der Waals surface area contributed by atoms with Crippen LogP contribution in [0.5, 0.6) is 0 Å². The Labute approximate surface area is 123 Å². The van der Waals surface area contributed by atoms with E-state index in [-0.39, 0.29) is 11.7 Å². The summed E-state index contributed by atoms with van der Waals surface area (Å²) in [6.07, 6.45) is 0. The molecule has 0 aliphatic carbocycles. The third kappa shape index (κ3) is 3.56. The van der Waals surface area contributed by atoms with Crippen molar-refractivity contribution < 1.29 is 9.18 Å². The molecule has 0 atom stereocenters. The Balaban J connectivity index is 2.28. The number of hydrogen-bond acceptors (Lipinski definition) is 3. The first kappa shape index (κ1) is 15.0. The molecule has 5 heteroatoms. The van der Waals surface area contributed by atoms with Crippen LogP contribution in [0.25, 0.3) is 0 Å². The quantitative estimate of drug-likeness (QED) is 0.939. The molecule has 21 heavy (non-hydrogen) atoms. The molecule has 0 spiro atoms. The van der Waals surface area contributed by atoms with E-state index in [1.807, 2.05) is 13.8 Å². The van der Waals surface area contributed by atoms with Crippen LogP contribution in [0.15, 0.2) is 36.4 Å². The summed E-state index contributed by atoms with van der Waals surface area (Å²) >= 11 is 0. The number of halogens is 1. The molecule has 0 saturated carbocycles. The van der Waals surface area contributed by atoms with Crippen molar-refractivity contribution in [1.82, 2.24) is 4.98 Å². The zero-order valence-corrected chi connectivity index (χ0v) is 12.4. The number of benzene rings is 1. The van der Waals surface area contributed by atoms with E-state index < -0.39 is 0 Å². The monoisotopic (exact) mass is 287 g/mol. The van der Waals surface area contributed by atoms with Crippen LogP contribution in [-0.2, 0) is 0 Å². The van der Waals surface area contributed by atoms with Crippen LogP contribution in [-0.4, -0.2) is 24.5 Å². The second kappa shape index (κ2) is 6.35. The van der Waals surface area contributed by atoms with Gasteiger partial charge in [0.2, 0.25) is 0 Å². The topological polar surface area (TPSA) is 45.2 Å².